The Morgan fingerprint density at radius 2 is 1.56 bits per heavy atom. The Kier molecular flexibility index (Phi) is 3.40. The van der Waals surface area contributed by atoms with Crippen LogP contribution < -0.4 is 0 Å². The summed E-state index contributed by atoms with van der Waals surface area (Å²) in [6.45, 7) is 6.03. The molecule has 0 nitrogen and oxygen atoms in total. The Labute approximate surface area is 97.9 Å². The summed E-state index contributed by atoms with van der Waals surface area (Å²) >= 11 is 0. The van der Waals surface area contributed by atoms with Crippen molar-refractivity contribution in [3.63, 3.8) is 0 Å². The fourth-order valence-electron chi connectivity index (χ4n) is 1.84. The molecule has 0 heterocycles. The Hall–Kier alpha value is -1.56. The first-order valence-corrected chi connectivity index (χ1v) is 5.70. The molecule has 0 amide bonds. The summed E-state index contributed by atoms with van der Waals surface area (Å²) in [5, 5.41) is 0. The number of benzene rings is 2. The third kappa shape index (κ3) is 2.73. The molecule has 0 bridgehead atoms. The zero-order valence-corrected chi connectivity index (χ0v) is 9.74. The third-order valence-electron chi connectivity index (χ3n) is 2.81. The molecule has 0 fully saturated rings. The minimum atomic E-state index is 0.863. The molecular formula is C16H17. The maximum atomic E-state index is 3.92. The molecule has 81 valence electrons. The van der Waals surface area contributed by atoms with Gasteiger partial charge in [0.05, 0.1) is 0 Å². The van der Waals surface area contributed by atoms with E-state index in [1.54, 1.807) is 0 Å². The Morgan fingerprint density at radius 3 is 2.25 bits per heavy atom. The summed E-state index contributed by atoms with van der Waals surface area (Å²) in [5.74, 6) is 0. The van der Waals surface area contributed by atoms with Crippen LogP contribution in [0.4, 0.5) is 0 Å². The van der Waals surface area contributed by atoms with Crippen molar-refractivity contribution in [2.45, 2.75) is 19.8 Å². The fourth-order valence-corrected chi connectivity index (χ4v) is 1.84. The van der Waals surface area contributed by atoms with Gasteiger partial charge < -0.3 is 0 Å². The summed E-state index contributed by atoms with van der Waals surface area (Å²) in [6, 6.07) is 17.4. The largest absolute Gasteiger partial charge is 0.0617 e. The highest BCUT2D eigenvalue weighted by Gasteiger charge is 1.97. The zero-order valence-electron chi connectivity index (χ0n) is 9.74. The Morgan fingerprint density at radius 1 is 0.875 bits per heavy atom. The Balaban J connectivity index is 2.16. The summed E-state index contributed by atoms with van der Waals surface area (Å²) in [5.41, 5.74) is 5.36. The second kappa shape index (κ2) is 4.98. The smallest absolute Gasteiger partial charge is 0.00257 e. The van der Waals surface area contributed by atoms with Crippen molar-refractivity contribution in [3.8, 4) is 0 Å². The van der Waals surface area contributed by atoms with Gasteiger partial charge in [0.15, 0.2) is 0 Å². The molecule has 0 aliphatic carbocycles. The van der Waals surface area contributed by atoms with Crippen molar-refractivity contribution in [1.82, 2.24) is 0 Å². The molecule has 0 aliphatic heterocycles. The van der Waals surface area contributed by atoms with Crippen LogP contribution in [0.3, 0.4) is 0 Å². The van der Waals surface area contributed by atoms with Crippen LogP contribution >= 0.6 is 0 Å². The van der Waals surface area contributed by atoms with E-state index in [1.807, 2.05) is 0 Å². The predicted octanol–water partition coefficient (Wildman–Crippen LogP) is 3.96. The van der Waals surface area contributed by atoms with Crippen LogP contribution in [0.1, 0.15) is 22.3 Å². The lowest BCUT2D eigenvalue weighted by Gasteiger charge is -2.04. The minimum Gasteiger partial charge on any atom is -0.0617 e. The summed E-state index contributed by atoms with van der Waals surface area (Å²) in [7, 11) is 0. The quantitative estimate of drug-likeness (QED) is 0.717. The molecule has 16 heavy (non-hydrogen) atoms. The highest BCUT2D eigenvalue weighted by molar-refractivity contribution is 5.31. The zero-order chi connectivity index (χ0) is 11.4. The first-order valence-electron chi connectivity index (χ1n) is 5.70. The predicted molar refractivity (Wildman–Crippen MR) is 69.5 cm³/mol. The summed E-state index contributed by atoms with van der Waals surface area (Å²) in [4.78, 5) is 0. The molecule has 0 saturated carbocycles. The summed E-state index contributed by atoms with van der Waals surface area (Å²) in [6.07, 6.45) is 1.87. The normalized spacial score (nSPS) is 10.4. The molecule has 0 aliphatic rings. The lowest BCUT2D eigenvalue weighted by molar-refractivity contribution is 1.16. The van der Waals surface area contributed by atoms with Gasteiger partial charge in [0.1, 0.15) is 0 Å². The topological polar surface area (TPSA) is 0 Å². The van der Waals surface area contributed by atoms with Crippen LogP contribution in [-0.2, 0) is 12.8 Å². The monoisotopic (exact) mass is 209 g/mol. The average Bonchev–Trinajstić information content (AvgIpc) is 2.32. The molecule has 0 heteroatoms. The minimum absolute atomic E-state index is 0.863. The van der Waals surface area contributed by atoms with Crippen molar-refractivity contribution in [1.29, 1.82) is 0 Å². The highest BCUT2D eigenvalue weighted by Crippen LogP contribution is 2.12. The van der Waals surface area contributed by atoms with Gasteiger partial charge in [0.2, 0.25) is 0 Å². The molecule has 2 rings (SSSR count). The molecule has 0 N–H and O–H groups in total. The first-order chi connectivity index (χ1) is 7.78. The van der Waals surface area contributed by atoms with Crippen molar-refractivity contribution >= 4 is 0 Å². The van der Waals surface area contributed by atoms with E-state index in [-0.39, 0.29) is 0 Å². The van der Waals surface area contributed by atoms with Crippen molar-refractivity contribution in [2.24, 2.45) is 0 Å². The molecule has 2 aromatic carbocycles. The van der Waals surface area contributed by atoms with Crippen LogP contribution in [0.25, 0.3) is 0 Å². The standard InChI is InChI=1S/C16H17/c1-3-14-5-4-6-16(11-14)12-15-9-7-13(2)8-10-15/h4-11H,1,3,12H2,2H3. The molecule has 0 saturated heterocycles. The van der Waals surface area contributed by atoms with Gasteiger partial charge in [0.25, 0.3) is 0 Å². The van der Waals surface area contributed by atoms with E-state index >= 15 is 0 Å². The van der Waals surface area contributed by atoms with E-state index in [0.717, 1.165) is 12.8 Å². The van der Waals surface area contributed by atoms with E-state index < -0.39 is 0 Å². The van der Waals surface area contributed by atoms with Gasteiger partial charge in [-0.15, -0.1) is 0 Å². The number of hydrogen-bond acceptors (Lipinski definition) is 0. The van der Waals surface area contributed by atoms with Gasteiger partial charge >= 0.3 is 0 Å². The molecule has 2 aromatic rings. The lowest BCUT2D eigenvalue weighted by atomic mass is 10.0. The van der Waals surface area contributed by atoms with Crippen LogP contribution in [0.2, 0.25) is 0 Å². The van der Waals surface area contributed by atoms with Crippen molar-refractivity contribution < 1.29 is 0 Å². The van der Waals surface area contributed by atoms with Crippen molar-refractivity contribution in [2.75, 3.05) is 0 Å². The summed E-state index contributed by atoms with van der Waals surface area (Å²) < 4.78 is 0. The van der Waals surface area contributed by atoms with E-state index in [4.69, 9.17) is 0 Å². The van der Waals surface area contributed by atoms with Crippen LogP contribution in [0.5, 0.6) is 0 Å². The van der Waals surface area contributed by atoms with E-state index in [0.29, 0.717) is 0 Å². The molecule has 0 unspecified atom stereocenters. The van der Waals surface area contributed by atoms with Crippen molar-refractivity contribution in [3.05, 3.63) is 77.7 Å². The highest BCUT2D eigenvalue weighted by atomic mass is 14.0. The second-order valence-corrected chi connectivity index (χ2v) is 4.23. The van der Waals surface area contributed by atoms with Gasteiger partial charge in [0, 0.05) is 0 Å². The van der Waals surface area contributed by atoms with E-state index in [9.17, 15) is 0 Å². The molecule has 0 aromatic heterocycles. The van der Waals surface area contributed by atoms with Crippen LogP contribution in [0.15, 0.2) is 48.5 Å². The third-order valence-corrected chi connectivity index (χ3v) is 2.81. The molecule has 1 radical (unpaired) electrons. The maximum Gasteiger partial charge on any atom is -0.00257 e. The van der Waals surface area contributed by atoms with Gasteiger partial charge in [-0.2, -0.15) is 0 Å². The number of aryl methyl sites for hydroxylation is 1. The van der Waals surface area contributed by atoms with Gasteiger partial charge in [-0.25, -0.2) is 0 Å². The maximum absolute atomic E-state index is 3.92. The number of hydrogen-bond donors (Lipinski definition) is 0. The van der Waals surface area contributed by atoms with Gasteiger partial charge in [-0.3, -0.25) is 0 Å². The fraction of sp³-hybridized carbons (Fsp3) is 0.188. The Bertz CT molecular complexity index is 452. The SMILES string of the molecule is [CH2]Cc1cccc(Cc2ccc(C)cc2)c1. The van der Waals surface area contributed by atoms with Crippen LogP contribution in [0, 0.1) is 13.8 Å². The number of rotatable bonds is 3. The lowest BCUT2D eigenvalue weighted by Crippen LogP contribution is -1.90. The van der Waals surface area contributed by atoms with Gasteiger partial charge in [-0.05, 0) is 43.4 Å². The van der Waals surface area contributed by atoms with Crippen LogP contribution in [-0.4, -0.2) is 0 Å². The first kappa shape index (κ1) is 10.9. The van der Waals surface area contributed by atoms with E-state index in [2.05, 4.69) is 62.4 Å². The van der Waals surface area contributed by atoms with E-state index in [1.165, 1.54) is 22.3 Å². The molecular weight excluding hydrogens is 192 g/mol. The molecule has 0 spiro atoms. The molecule has 0 atom stereocenters. The average molecular weight is 209 g/mol. The second-order valence-electron chi connectivity index (χ2n) is 4.23. The van der Waals surface area contributed by atoms with Gasteiger partial charge in [-0.1, -0.05) is 54.1 Å².